The summed E-state index contributed by atoms with van der Waals surface area (Å²) in [5, 5.41) is 0. The van der Waals surface area contributed by atoms with Gasteiger partial charge in [0.1, 0.15) is 0 Å². The van der Waals surface area contributed by atoms with Gasteiger partial charge in [-0.05, 0) is 25.7 Å². The van der Waals surface area contributed by atoms with E-state index in [1.807, 2.05) is 0 Å². The Labute approximate surface area is 64.7 Å². The molecular formula is C8H10O3. The third-order valence-electron chi connectivity index (χ3n) is 2.02. The average molecular weight is 154 g/mol. The molecule has 0 aromatic carbocycles. The maximum absolute atomic E-state index is 10.9. The molecule has 0 spiro atoms. The van der Waals surface area contributed by atoms with Crippen molar-refractivity contribution in [1.29, 1.82) is 0 Å². The van der Waals surface area contributed by atoms with Gasteiger partial charge < -0.3 is 4.74 Å². The highest BCUT2D eigenvalue weighted by Crippen LogP contribution is 2.33. The standard InChI is InChI=1S/C8H10O3/c9-7(5-1-2-5)11-8(10)6-3-4-6/h5-6H,1-4H2. The lowest BCUT2D eigenvalue weighted by atomic mass is 10.4. The van der Waals surface area contributed by atoms with Gasteiger partial charge in [0.25, 0.3) is 0 Å². The molecule has 0 N–H and O–H groups in total. The van der Waals surface area contributed by atoms with Crippen LogP contribution in [0.25, 0.3) is 0 Å². The van der Waals surface area contributed by atoms with Gasteiger partial charge in [-0.2, -0.15) is 0 Å². The first-order valence-electron chi connectivity index (χ1n) is 4.03. The number of carbonyl (C=O) groups is 2. The van der Waals surface area contributed by atoms with Crippen LogP contribution in [0.15, 0.2) is 0 Å². The average Bonchev–Trinajstić information content (AvgIpc) is 2.84. The van der Waals surface area contributed by atoms with Crippen LogP contribution >= 0.6 is 0 Å². The second-order valence-electron chi connectivity index (χ2n) is 3.29. The topological polar surface area (TPSA) is 43.4 Å². The van der Waals surface area contributed by atoms with Gasteiger partial charge in [-0.1, -0.05) is 0 Å². The molecule has 3 heteroatoms. The van der Waals surface area contributed by atoms with Gasteiger partial charge in [0, 0.05) is 0 Å². The molecule has 2 fully saturated rings. The number of hydrogen-bond acceptors (Lipinski definition) is 3. The molecule has 2 aliphatic rings. The van der Waals surface area contributed by atoms with E-state index < -0.39 is 0 Å². The first-order valence-corrected chi connectivity index (χ1v) is 4.03. The molecular weight excluding hydrogens is 144 g/mol. The molecule has 60 valence electrons. The van der Waals surface area contributed by atoms with Crippen molar-refractivity contribution in [2.75, 3.05) is 0 Å². The Morgan fingerprint density at radius 3 is 1.55 bits per heavy atom. The SMILES string of the molecule is O=C(OC(=O)C1CC1)C1CC1. The van der Waals surface area contributed by atoms with Crippen molar-refractivity contribution < 1.29 is 14.3 Å². The Hall–Kier alpha value is -0.860. The van der Waals surface area contributed by atoms with Crippen LogP contribution in [0.1, 0.15) is 25.7 Å². The fraction of sp³-hybridized carbons (Fsp3) is 0.750. The summed E-state index contributed by atoms with van der Waals surface area (Å²) in [6, 6.07) is 0. The van der Waals surface area contributed by atoms with Crippen molar-refractivity contribution in [2.45, 2.75) is 25.7 Å². The summed E-state index contributed by atoms with van der Waals surface area (Å²) in [6.07, 6.45) is 3.60. The Bertz CT molecular complexity index is 179. The molecule has 0 aromatic rings. The number of carbonyl (C=O) groups excluding carboxylic acids is 2. The number of hydrogen-bond donors (Lipinski definition) is 0. The lowest BCUT2D eigenvalue weighted by Crippen LogP contribution is -2.14. The Balaban J connectivity index is 1.78. The largest absolute Gasteiger partial charge is 0.393 e. The van der Waals surface area contributed by atoms with E-state index in [-0.39, 0.29) is 23.8 Å². The molecule has 2 aliphatic carbocycles. The lowest BCUT2D eigenvalue weighted by molar-refractivity contribution is -0.161. The number of ether oxygens (including phenoxy) is 1. The van der Waals surface area contributed by atoms with Crippen LogP contribution in [0.4, 0.5) is 0 Å². The second kappa shape index (κ2) is 2.32. The Kier molecular flexibility index (Phi) is 1.44. The number of rotatable bonds is 2. The summed E-state index contributed by atoms with van der Waals surface area (Å²) in [5.74, 6) is -0.529. The summed E-state index contributed by atoms with van der Waals surface area (Å²) >= 11 is 0. The Morgan fingerprint density at radius 2 is 1.27 bits per heavy atom. The van der Waals surface area contributed by atoms with Crippen molar-refractivity contribution in [3.05, 3.63) is 0 Å². The molecule has 0 aromatic heterocycles. The zero-order valence-corrected chi connectivity index (χ0v) is 6.21. The molecule has 0 saturated heterocycles. The molecule has 0 heterocycles. The highest BCUT2D eigenvalue weighted by atomic mass is 16.6. The molecule has 2 rings (SSSR count). The monoisotopic (exact) mass is 154 g/mol. The summed E-state index contributed by atoms with van der Waals surface area (Å²) in [7, 11) is 0. The van der Waals surface area contributed by atoms with Gasteiger partial charge in [0.15, 0.2) is 0 Å². The highest BCUT2D eigenvalue weighted by molar-refractivity contribution is 5.89. The van der Waals surface area contributed by atoms with Gasteiger partial charge in [-0.25, -0.2) is 0 Å². The van der Waals surface area contributed by atoms with E-state index in [0.29, 0.717) is 0 Å². The number of esters is 2. The van der Waals surface area contributed by atoms with Gasteiger partial charge in [0.2, 0.25) is 0 Å². The van der Waals surface area contributed by atoms with Crippen LogP contribution in [0, 0.1) is 11.8 Å². The van der Waals surface area contributed by atoms with Gasteiger partial charge in [0.05, 0.1) is 11.8 Å². The van der Waals surface area contributed by atoms with Crippen LogP contribution in [0.3, 0.4) is 0 Å². The highest BCUT2D eigenvalue weighted by Gasteiger charge is 2.37. The fourth-order valence-electron chi connectivity index (χ4n) is 0.904. The maximum Gasteiger partial charge on any atom is 0.316 e. The summed E-state index contributed by atoms with van der Waals surface area (Å²) < 4.78 is 4.62. The van der Waals surface area contributed by atoms with Crippen LogP contribution in [0.2, 0.25) is 0 Å². The van der Waals surface area contributed by atoms with E-state index in [1.165, 1.54) is 0 Å². The van der Waals surface area contributed by atoms with Crippen molar-refractivity contribution in [3.63, 3.8) is 0 Å². The summed E-state index contributed by atoms with van der Waals surface area (Å²) in [6.45, 7) is 0. The minimum Gasteiger partial charge on any atom is -0.393 e. The van der Waals surface area contributed by atoms with Gasteiger partial charge in [-0.15, -0.1) is 0 Å². The molecule has 0 aliphatic heterocycles. The first kappa shape index (κ1) is 6.83. The zero-order chi connectivity index (χ0) is 7.84. The zero-order valence-electron chi connectivity index (χ0n) is 6.21. The second-order valence-corrected chi connectivity index (χ2v) is 3.29. The van der Waals surface area contributed by atoms with Gasteiger partial charge >= 0.3 is 11.9 Å². The molecule has 0 radical (unpaired) electrons. The van der Waals surface area contributed by atoms with E-state index in [1.54, 1.807) is 0 Å². The van der Waals surface area contributed by atoms with Crippen molar-refractivity contribution in [2.24, 2.45) is 11.8 Å². The predicted molar refractivity (Wildman–Crippen MR) is 36.5 cm³/mol. The quantitative estimate of drug-likeness (QED) is 0.438. The molecule has 3 nitrogen and oxygen atoms in total. The molecule has 2 saturated carbocycles. The van der Waals surface area contributed by atoms with Crippen LogP contribution in [0.5, 0.6) is 0 Å². The van der Waals surface area contributed by atoms with E-state index >= 15 is 0 Å². The van der Waals surface area contributed by atoms with Crippen molar-refractivity contribution in [3.8, 4) is 0 Å². The smallest absolute Gasteiger partial charge is 0.316 e. The minimum absolute atomic E-state index is 0.0395. The van der Waals surface area contributed by atoms with Crippen LogP contribution < -0.4 is 0 Å². The van der Waals surface area contributed by atoms with Gasteiger partial charge in [-0.3, -0.25) is 9.59 Å². The normalized spacial score (nSPS) is 22.9. The van der Waals surface area contributed by atoms with E-state index in [4.69, 9.17) is 0 Å². The molecule has 0 atom stereocenters. The fourth-order valence-corrected chi connectivity index (χ4v) is 0.904. The third-order valence-corrected chi connectivity index (χ3v) is 2.02. The van der Waals surface area contributed by atoms with Crippen molar-refractivity contribution in [1.82, 2.24) is 0 Å². The summed E-state index contributed by atoms with van der Waals surface area (Å²) in [4.78, 5) is 21.8. The minimum atomic E-state index is -0.304. The molecule has 0 bridgehead atoms. The predicted octanol–water partition coefficient (Wildman–Crippen LogP) is 0.876. The van der Waals surface area contributed by atoms with Crippen LogP contribution in [-0.4, -0.2) is 11.9 Å². The molecule has 0 amide bonds. The van der Waals surface area contributed by atoms with Crippen molar-refractivity contribution >= 4 is 11.9 Å². The third kappa shape index (κ3) is 1.59. The molecule has 11 heavy (non-hydrogen) atoms. The first-order chi connectivity index (χ1) is 5.27. The molecule has 0 unspecified atom stereocenters. The Morgan fingerprint density at radius 1 is 0.909 bits per heavy atom. The van der Waals surface area contributed by atoms with E-state index in [0.717, 1.165) is 25.7 Å². The van der Waals surface area contributed by atoms with Crippen LogP contribution in [-0.2, 0) is 14.3 Å². The summed E-state index contributed by atoms with van der Waals surface area (Å²) in [5.41, 5.74) is 0. The maximum atomic E-state index is 10.9. The lowest BCUT2D eigenvalue weighted by Gasteiger charge is -1.98. The van der Waals surface area contributed by atoms with E-state index in [2.05, 4.69) is 4.74 Å². The van der Waals surface area contributed by atoms with E-state index in [9.17, 15) is 9.59 Å².